The number of imide groups is 1. The van der Waals surface area contributed by atoms with Gasteiger partial charge < -0.3 is 0 Å². The van der Waals surface area contributed by atoms with Gasteiger partial charge in [0.15, 0.2) is 0 Å². The highest BCUT2D eigenvalue weighted by molar-refractivity contribution is 9.10. The average Bonchev–Trinajstić information content (AvgIpc) is 2.98. The molecule has 2 heterocycles. The van der Waals surface area contributed by atoms with Gasteiger partial charge in [-0.25, -0.2) is 0 Å². The van der Waals surface area contributed by atoms with E-state index in [1.165, 1.54) is 4.90 Å². The van der Waals surface area contributed by atoms with Crippen molar-refractivity contribution >= 4 is 27.7 Å². The number of amides is 2. The Bertz CT molecular complexity index is 573. The lowest BCUT2D eigenvalue weighted by atomic mass is 10.1. The first kappa shape index (κ1) is 13.8. The molecule has 20 heavy (non-hydrogen) atoms. The second-order valence-electron chi connectivity index (χ2n) is 5.34. The summed E-state index contributed by atoms with van der Waals surface area (Å²) in [6, 6.07) is 5.58. The molecule has 0 N–H and O–H groups in total. The minimum Gasteiger partial charge on any atom is -0.299 e. The highest BCUT2D eigenvalue weighted by Gasteiger charge is 2.38. The maximum absolute atomic E-state index is 12.4. The Kier molecular flexibility index (Phi) is 3.65. The van der Waals surface area contributed by atoms with Crippen LogP contribution in [-0.2, 0) is 0 Å². The first-order chi connectivity index (χ1) is 9.61. The predicted molar refractivity (Wildman–Crippen MR) is 79.8 cm³/mol. The molecule has 0 spiro atoms. The summed E-state index contributed by atoms with van der Waals surface area (Å²) in [5, 5.41) is 0. The van der Waals surface area contributed by atoms with E-state index in [1.54, 1.807) is 18.2 Å². The molecule has 0 bridgehead atoms. The van der Waals surface area contributed by atoms with Crippen LogP contribution >= 0.6 is 15.9 Å². The van der Waals surface area contributed by atoms with Crippen LogP contribution in [0.15, 0.2) is 22.7 Å². The second kappa shape index (κ2) is 5.30. The van der Waals surface area contributed by atoms with Crippen LogP contribution in [0, 0.1) is 0 Å². The zero-order valence-corrected chi connectivity index (χ0v) is 13.0. The molecule has 106 valence electrons. The Morgan fingerprint density at radius 1 is 1.25 bits per heavy atom. The number of carbonyl (C=O) groups is 2. The van der Waals surface area contributed by atoms with Gasteiger partial charge in [-0.05, 0) is 44.1 Å². The van der Waals surface area contributed by atoms with Gasteiger partial charge in [-0.3, -0.25) is 19.4 Å². The van der Waals surface area contributed by atoms with E-state index in [1.807, 2.05) is 0 Å². The number of fused-ring (bicyclic) bond motifs is 1. The lowest BCUT2D eigenvalue weighted by Crippen LogP contribution is -2.42. The van der Waals surface area contributed by atoms with E-state index in [9.17, 15) is 9.59 Å². The summed E-state index contributed by atoms with van der Waals surface area (Å²) in [6.07, 6.45) is 2.21. The summed E-state index contributed by atoms with van der Waals surface area (Å²) in [6.45, 7) is 4.67. The molecule has 0 aliphatic carbocycles. The number of hydrogen-bond acceptors (Lipinski definition) is 3. The van der Waals surface area contributed by atoms with Crippen LogP contribution in [0.2, 0.25) is 0 Å². The van der Waals surface area contributed by atoms with E-state index in [0.717, 1.165) is 30.4 Å². The Balaban J connectivity index is 1.83. The molecule has 2 amide bonds. The van der Waals surface area contributed by atoms with Crippen LogP contribution in [0.25, 0.3) is 0 Å². The first-order valence-electron chi connectivity index (χ1n) is 7.01. The summed E-state index contributed by atoms with van der Waals surface area (Å²) in [7, 11) is 0. The molecular weight excluding hydrogens is 320 g/mol. The van der Waals surface area contributed by atoms with E-state index in [-0.39, 0.29) is 11.8 Å². The van der Waals surface area contributed by atoms with E-state index < -0.39 is 0 Å². The molecular formula is C15H17BrN2O2. The van der Waals surface area contributed by atoms with Crippen LogP contribution in [0.4, 0.5) is 0 Å². The van der Waals surface area contributed by atoms with Crippen molar-refractivity contribution in [1.82, 2.24) is 9.80 Å². The summed E-state index contributed by atoms with van der Waals surface area (Å²) in [5.41, 5.74) is 1.05. The largest absolute Gasteiger partial charge is 0.299 e. The van der Waals surface area contributed by atoms with E-state index >= 15 is 0 Å². The van der Waals surface area contributed by atoms with Gasteiger partial charge in [-0.1, -0.05) is 22.9 Å². The van der Waals surface area contributed by atoms with Crippen molar-refractivity contribution in [2.24, 2.45) is 0 Å². The van der Waals surface area contributed by atoms with Gasteiger partial charge in [0.05, 0.1) is 11.1 Å². The molecule has 1 aromatic rings. The number of rotatable bonds is 3. The fourth-order valence-corrected chi connectivity index (χ4v) is 3.52. The lowest BCUT2D eigenvalue weighted by molar-refractivity contribution is 0.0611. The molecule has 1 saturated heterocycles. The summed E-state index contributed by atoms with van der Waals surface area (Å²) in [5.74, 6) is -0.310. The maximum atomic E-state index is 12.4. The zero-order valence-electron chi connectivity index (χ0n) is 11.4. The summed E-state index contributed by atoms with van der Waals surface area (Å²) in [4.78, 5) is 28.5. The first-order valence-corrected chi connectivity index (χ1v) is 7.81. The number of benzene rings is 1. The van der Waals surface area contributed by atoms with Gasteiger partial charge in [-0.15, -0.1) is 0 Å². The third-order valence-corrected chi connectivity index (χ3v) is 4.72. The van der Waals surface area contributed by atoms with Crippen molar-refractivity contribution in [2.75, 3.05) is 19.6 Å². The van der Waals surface area contributed by atoms with E-state index in [0.29, 0.717) is 23.7 Å². The molecule has 1 fully saturated rings. The molecule has 0 saturated carbocycles. The number of nitrogens with zero attached hydrogens (tertiary/aromatic N) is 2. The van der Waals surface area contributed by atoms with E-state index in [4.69, 9.17) is 0 Å². The van der Waals surface area contributed by atoms with Crippen molar-refractivity contribution in [3.63, 3.8) is 0 Å². The van der Waals surface area contributed by atoms with Crippen molar-refractivity contribution < 1.29 is 9.59 Å². The topological polar surface area (TPSA) is 40.6 Å². The van der Waals surface area contributed by atoms with Crippen molar-refractivity contribution in [2.45, 2.75) is 25.8 Å². The average molecular weight is 337 g/mol. The SMILES string of the molecule is CCN1CCC[C@H]1CN1C(=O)c2ccc(Br)cc2C1=O. The predicted octanol–water partition coefficient (Wildman–Crippen LogP) is 2.53. The maximum Gasteiger partial charge on any atom is 0.261 e. The second-order valence-corrected chi connectivity index (χ2v) is 6.25. The van der Waals surface area contributed by atoms with Crippen LogP contribution < -0.4 is 0 Å². The highest BCUT2D eigenvalue weighted by atomic mass is 79.9. The van der Waals surface area contributed by atoms with Crippen LogP contribution in [0.1, 0.15) is 40.5 Å². The van der Waals surface area contributed by atoms with Crippen LogP contribution in [-0.4, -0.2) is 47.3 Å². The number of carbonyl (C=O) groups excluding carboxylic acids is 2. The van der Waals surface area contributed by atoms with Gasteiger partial charge in [0.2, 0.25) is 0 Å². The molecule has 3 rings (SSSR count). The molecule has 0 aromatic heterocycles. The number of halogens is 1. The lowest BCUT2D eigenvalue weighted by Gasteiger charge is -2.26. The van der Waals surface area contributed by atoms with Crippen LogP contribution in [0.3, 0.4) is 0 Å². The van der Waals surface area contributed by atoms with Gasteiger partial charge in [0, 0.05) is 17.1 Å². The molecule has 1 atom stereocenters. The number of likely N-dealkylation sites (N-methyl/N-ethyl adjacent to an activating group) is 1. The van der Waals surface area contributed by atoms with Crippen molar-refractivity contribution in [1.29, 1.82) is 0 Å². The third-order valence-electron chi connectivity index (χ3n) is 4.23. The van der Waals surface area contributed by atoms with Gasteiger partial charge in [-0.2, -0.15) is 0 Å². The van der Waals surface area contributed by atoms with Gasteiger partial charge in [0.25, 0.3) is 11.8 Å². The fourth-order valence-electron chi connectivity index (χ4n) is 3.16. The summed E-state index contributed by atoms with van der Waals surface area (Å²) < 4.78 is 0.829. The molecule has 2 aliphatic rings. The standard InChI is InChI=1S/C15H17BrN2O2/c1-2-17-7-3-4-11(17)9-18-14(19)12-6-5-10(16)8-13(12)15(18)20/h5-6,8,11H,2-4,7,9H2,1H3/t11-/m0/s1. The van der Waals surface area contributed by atoms with Crippen molar-refractivity contribution in [3.05, 3.63) is 33.8 Å². The monoisotopic (exact) mass is 336 g/mol. The smallest absolute Gasteiger partial charge is 0.261 e. The quantitative estimate of drug-likeness (QED) is 0.796. The molecule has 4 nitrogen and oxygen atoms in total. The minimum atomic E-state index is -0.158. The van der Waals surface area contributed by atoms with Crippen molar-refractivity contribution in [3.8, 4) is 0 Å². The van der Waals surface area contributed by atoms with Gasteiger partial charge in [0.1, 0.15) is 0 Å². The third kappa shape index (κ3) is 2.19. The highest BCUT2D eigenvalue weighted by Crippen LogP contribution is 2.28. The summed E-state index contributed by atoms with van der Waals surface area (Å²) >= 11 is 3.35. The molecule has 2 aliphatic heterocycles. The molecule has 0 radical (unpaired) electrons. The Morgan fingerprint density at radius 3 is 2.75 bits per heavy atom. The normalized spacial score (nSPS) is 22.7. The zero-order chi connectivity index (χ0) is 14.3. The Labute approximate surface area is 126 Å². The molecule has 1 aromatic carbocycles. The Hall–Kier alpha value is -1.20. The Morgan fingerprint density at radius 2 is 2.00 bits per heavy atom. The number of likely N-dealkylation sites (tertiary alicyclic amines) is 1. The van der Waals surface area contributed by atoms with Crippen LogP contribution in [0.5, 0.6) is 0 Å². The number of hydrogen-bond donors (Lipinski definition) is 0. The minimum absolute atomic E-state index is 0.152. The molecule has 5 heteroatoms. The fraction of sp³-hybridized carbons (Fsp3) is 0.467. The van der Waals surface area contributed by atoms with Gasteiger partial charge >= 0.3 is 0 Å². The molecule has 0 unspecified atom stereocenters. The van der Waals surface area contributed by atoms with E-state index in [2.05, 4.69) is 27.8 Å².